The van der Waals surface area contributed by atoms with Gasteiger partial charge in [0.05, 0.1) is 5.75 Å². The van der Waals surface area contributed by atoms with Gasteiger partial charge in [0.1, 0.15) is 9.84 Å². The highest BCUT2D eigenvalue weighted by Crippen LogP contribution is 1.77. The smallest absolute Gasteiger partial charge is 0.148 e. The van der Waals surface area contributed by atoms with E-state index in [4.69, 9.17) is 0 Å². The summed E-state index contributed by atoms with van der Waals surface area (Å²) >= 11 is 0. The molecule has 0 saturated carbocycles. The number of sulfone groups is 1. The second-order valence-corrected chi connectivity index (χ2v) is 3.99. The van der Waals surface area contributed by atoms with Gasteiger partial charge in [-0.25, -0.2) is 8.42 Å². The van der Waals surface area contributed by atoms with Gasteiger partial charge in [0.25, 0.3) is 0 Å². The fourth-order valence-corrected chi connectivity index (χ4v) is 0.862. The number of nitrogens with one attached hydrogen (secondary N) is 1. The highest BCUT2D eigenvalue weighted by Gasteiger charge is 1.97. The second-order valence-electron chi connectivity index (χ2n) is 1.73. The predicted octanol–water partition coefficient (Wildman–Crippen LogP) is 0.277. The predicted molar refractivity (Wildman–Crippen MR) is 45.0 cm³/mol. The van der Waals surface area contributed by atoms with Crippen LogP contribution in [0.1, 0.15) is 13.8 Å². The van der Waals surface area contributed by atoms with Crippen molar-refractivity contribution in [2.45, 2.75) is 13.8 Å². The van der Waals surface area contributed by atoms with Crippen molar-refractivity contribution in [2.24, 2.45) is 0 Å². The molecule has 0 aromatic rings. The molecule has 0 atom stereocenters. The Morgan fingerprint density at radius 3 is 1.80 bits per heavy atom. The van der Waals surface area contributed by atoms with E-state index in [0.717, 1.165) is 0 Å². The molecule has 0 aliphatic rings. The Bertz CT molecular complexity index is 140. The van der Waals surface area contributed by atoms with Crippen molar-refractivity contribution in [3.63, 3.8) is 0 Å². The fourth-order valence-electron chi connectivity index (χ4n) is 0.287. The average molecular weight is 167 g/mol. The lowest BCUT2D eigenvalue weighted by atomic mass is 10.8. The van der Waals surface area contributed by atoms with Crippen LogP contribution in [0.5, 0.6) is 0 Å². The molecule has 0 bridgehead atoms. The van der Waals surface area contributed by atoms with Gasteiger partial charge in [-0.05, 0) is 7.05 Å². The fraction of sp³-hybridized carbons (Fsp3) is 1.00. The van der Waals surface area contributed by atoms with Gasteiger partial charge >= 0.3 is 0 Å². The summed E-state index contributed by atoms with van der Waals surface area (Å²) in [6.07, 6.45) is 1.23. The van der Waals surface area contributed by atoms with E-state index < -0.39 is 9.84 Å². The third kappa shape index (κ3) is 15.7. The Hall–Kier alpha value is -0.0900. The zero-order valence-electron chi connectivity index (χ0n) is 7.14. The largest absolute Gasteiger partial charge is 0.319 e. The standard InChI is InChI=1S/C4H11NO2S.C2H6/c1-5-3-4-8(2,6)7;1-2/h5H,3-4H2,1-2H3;1-2H3. The molecule has 3 nitrogen and oxygen atoms in total. The highest BCUT2D eigenvalue weighted by molar-refractivity contribution is 7.90. The van der Waals surface area contributed by atoms with Crippen LogP contribution in [0.3, 0.4) is 0 Å². The van der Waals surface area contributed by atoms with Gasteiger partial charge in [-0.15, -0.1) is 0 Å². The van der Waals surface area contributed by atoms with Crippen molar-refractivity contribution >= 4 is 9.84 Å². The highest BCUT2D eigenvalue weighted by atomic mass is 32.2. The number of hydrogen-bond donors (Lipinski definition) is 1. The topological polar surface area (TPSA) is 46.2 Å². The molecule has 0 aliphatic heterocycles. The van der Waals surface area contributed by atoms with Gasteiger partial charge in [-0.1, -0.05) is 13.8 Å². The molecule has 0 saturated heterocycles. The summed E-state index contributed by atoms with van der Waals surface area (Å²) in [7, 11) is -1.02. The molecule has 4 heteroatoms. The third-order valence-electron chi connectivity index (χ3n) is 0.723. The Kier molecular flexibility index (Phi) is 8.83. The minimum Gasteiger partial charge on any atom is -0.319 e. The summed E-state index contributed by atoms with van der Waals surface area (Å²) in [6, 6.07) is 0. The van der Waals surface area contributed by atoms with Crippen molar-refractivity contribution in [2.75, 3.05) is 25.6 Å². The Morgan fingerprint density at radius 1 is 1.30 bits per heavy atom. The molecule has 1 N–H and O–H groups in total. The van der Waals surface area contributed by atoms with Crippen LogP contribution in [0.25, 0.3) is 0 Å². The summed E-state index contributed by atoms with van der Waals surface area (Å²) in [4.78, 5) is 0. The zero-order chi connectivity index (χ0) is 8.62. The van der Waals surface area contributed by atoms with Gasteiger partial charge in [0, 0.05) is 12.8 Å². The van der Waals surface area contributed by atoms with Gasteiger partial charge in [-0.3, -0.25) is 0 Å². The van der Waals surface area contributed by atoms with Crippen LogP contribution in [0.2, 0.25) is 0 Å². The van der Waals surface area contributed by atoms with Gasteiger partial charge in [0.15, 0.2) is 0 Å². The van der Waals surface area contributed by atoms with Crippen LogP contribution in [0.4, 0.5) is 0 Å². The van der Waals surface area contributed by atoms with Crippen molar-refractivity contribution in [1.82, 2.24) is 5.32 Å². The first-order valence-corrected chi connectivity index (χ1v) is 5.44. The van der Waals surface area contributed by atoms with Crippen LogP contribution in [0, 0.1) is 0 Å². The van der Waals surface area contributed by atoms with Crippen molar-refractivity contribution in [1.29, 1.82) is 0 Å². The van der Waals surface area contributed by atoms with Gasteiger partial charge < -0.3 is 5.32 Å². The summed E-state index contributed by atoms with van der Waals surface area (Å²) < 4.78 is 20.7. The monoisotopic (exact) mass is 167 g/mol. The molecule has 0 unspecified atom stereocenters. The number of hydrogen-bond acceptors (Lipinski definition) is 3. The molecule has 0 rings (SSSR count). The molecule has 0 aromatic heterocycles. The first-order valence-electron chi connectivity index (χ1n) is 3.38. The zero-order valence-corrected chi connectivity index (χ0v) is 7.96. The van der Waals surface area contributed by atoms with Crippen LogP contribution < -0.4 is 5.32 Å². The molecule has 0 amide bonds. The Balaban J connectivity index is 0. The Labute approximate surface area is 63.7 Å². The van der Waals surface area contributed by atoms with Crippen LogP contribution in [-0.2, 0) is 9.84 Å². The second kappa shape index (κ2) is 7.02. The first-order chi connectivity index (χ1) is 4.56. The molecule has 0 spiro atoms. The maximum Gasteiger partial charge on any atom is 0.148 e. The minimum absolute atomic E-state index is 0.226. The van der Waals surface area contributed by atoms with E-state index in [1.54, 1.807) is 7.05 Å². The Morgan fingerprint density at radius 2 is 1.70 bits per heavy atom. The lowest BCUT2D eigenvalue weighted by Crippen LogP contribution is -2.17. The van der Waals surface area contributed by atoms with E-state index in [2.05, 4.69) is 5.32 Å². The minimum atomic E-state index is -2.75. The molecule has 0 radical (unpaired) electrons. The average Bonchev–Trinajstić information content (AvgIpc) is 1.87. The van der Waals surface area contributed by atoms with E-state index in [1.807, 2.05) is 13.8 Å². The third-order valence-corrected chi connectivity index (χ3v) is 1.67. The maximum atomic E-state index is 10.4. The summed E-state index contributed by atoms with van der Waals surface area (Å²) in [5.74, 6) is 0.226. The van der Waals surface area contributed by atoms with E-state index in [0.29, 0.717) is 6.54 Å². The van der Waals surface area contributed by atoms with Crippen molar-refractivity contribution in [3.8, 4) is 0 Å². The van der Waals surface area contributed by atoms with E-state index in [1.165, 1.54) is 6.26 Å². The molecular weight excluding hydrogens is 150 g/mol. The number of rotatable bonds is 3. The summed E-state index contributed by atoms with van der Waals surface area (Å²) in [5.41, 5.74) is 0. The van der Waals surface area contributed by atoms with E-state index >= 15 is 0 Å². The lowest BCUT2D eigenvalue weighted by Gasteiger charge is -1.93. The molecule has 10 heavy (non-hydrogen) atoms. The SMILES string of the molecule is CC.CNCCS(C)(=O)=O. The summed E-state index contributed by atoms with van der Waals surface area (Å²) in [5, 5.41) is 2.75. The quantitative estimate of drug-likeness (QED) is 0.656. The van der Waals surface area contributed by atoms with E-state index in [-0.39, 0.29) is 5.75 Å². The van der Waals surface area contributed by atoms with Crippen molar-refractivity contribution in [3.05, 3.63) is 0 Å². The molecule has 0 aromatic carbocycles. The molecule has 0 heterocycles. The summed E-state index contributed by atoms with van der Waals surface area (Å²) in [6.45, 7) is 4.54. The lowest BCUT2D eigenvalue weighted by molar-refractivity contribution is 0.599. The van der Waals surface area contributed by atoms with Crippen LogP contribution in [-0.4, -0.2) is 34.0 Å². The first kappa shape index (κ1) is 12.6. The molecule has 64 valence electrons. The molecule has 0 aliphatic carbocycles. The van der Waals surface area contributed by atoms with Gasteiger partial charge in [0.2, 0.25) is 0 Å². The van der Waals surface area contributed by atoms with Crippen LogP contribution in [0.15, 0.2) is 0 Å². The molecular formula is C6H17NO2S. The van der Waals surface area contributed by atoms with Crippen LogP contribution >= 0.6 is 0 Å². The van der Waals surface area contributed by atoms with E-state index in [9.17, 15) is 8.42 Å². The molecule has 0 fully saturated rings. The van der Waals surface area contributed by atoms with Gasteiger partial charge in [-0.2, -0.15) is 0 Å². The maximum absolute atomic E-state index is 10.4. The van der Waals surface area contributed by atoms with Crippen molar-refractivity contribution < 1.29 is 8.42 Å². The normalized spacial score (nSPS) is 10.0.